The number of anilines is 1. The number of nitrogens with one attached hydrogen (secondary N) is 2. The summed E-state index contributed by atoms with van der Waals surface area (Å²) in [6, 6.07) is 0. The molecule has 2 aliphatic heterocycles. The molecule has 1 fully saturated rings. The number of fused-ring (bicyclic) bond motifs is 1. The molecule has 3 rings (SSSR count). The van der Waals surface area contributed by atoms with Gasteiger partial charge in [-0.3, -0.25) is 0 Å². The molecule has 1 aromatic heterocycles. The van der Waals surface area contributed by atoms with Crippen molar-refractivity contribution in [2.24, 2.45) is 0 Å². The third-order valence-corrected chi connectivity index (χ3v) is 3.40. The van der Waals surface area contributed by atoms with Crippen molar-refractivity contribution in [1.29, 1.82) is 0 Å². The molecule has 3 heterocycles. The molecule has 5 heteroatoms. The second kappa shape index (κ2) is 4.98. The molecular weight excluding hydrogens is 216 g/mol. The highest BCUT2D eigenvalue weighted by atomic mass is 16.5. The first kappa shape index (κ1) is 10.9. The van der Waals surface area contributed by atoms with Crippen LogP contribution in [0.15, 0.2) is 6.33 Å². The number of ether oxygens (including phenoxy) is 1. The fourth-order valence-electron chi connectivity index (χ4n) is 2.45. The monoisotopic (exact) mass is 234 g/mol. The van der Waals surface area contributed by atoms with Crippen LogP contribution >= 0.6 is 0 Å². The Labute approximate surface area is 101 Å². The van der Waals surface area contributed by atoms with E-state index in [4.69, 9.17) is 4.74 Å². The van der Waals surface area contributed by atoms with Gasteiger partial charge < -0.3 is 15.4 Å². The van der Waals surface area contributed by atoms with E-state index in [1.165, 1.54) is 12.0 Å². The fraction of sp³-hybridized carbons (Fsp3) is 0.667. The van der Waals surface area contributed by atoms with Gasteiger partial charge in [-0.25, -0.2) is 9.97 Å². The van der Waals surface area contributed by atoms with Gasteiger partial charge in [-0.1, -0.05) is 0 Å². The summed E-state index contributed by atoms with van der Waals surface area (Å²) in [5.41, 5.74) is 2.39. The SMILES string of the molecule is c1nc2c(c(NCC3CCCO3)n1)CCNC2. The first-order valence-corrected chi connectivity index (χ1v) is 6.32. The average Bonchev–Trinajstić information content (AvgIpc) is 2.89. The molecule has 0 spiro atoms. The molecule has 0 bridgehead atoms. The standard InChI is InChI=1S/C12H18N4O/c1-2-9(17-5-1)6-14-12-10-3-4-13-7-11(10)15-8-16-12/h8-9,13H,1-7H2,(H,14,15,16). The maximum absolute atomic E-state index is 5.60. The number of nitrogens with zero attached hydrogens (tertiary/aromatic N) is 2. The number of rotatable bonds is 3. The van der Waals surface area contributed by atoms with E-state index in [1.54, 1.807) is 6.33 Å². The van der Waals surface area contributed by atoms with Crippen LogP contribution in [0.4, 0.5) is 5.82 Å². The van der Waals surface area contributed by atoms with Gasteiger partial charge >= 0.3 is 0 Å². The zero-order chi connectivity index (χ0) is 11.5. The van der Waals surface area contributed by atoms with Gasteiger partial charge in [0.05, 0.1) is 11.8 Å². The van der Waals surface area contributed by atoms with Gasteiger partial charge in [-0.15, -0.1) is 0 Å². The summed E-state index contributed by atoms with van der Waals surface area (Å²) in [7, 11) is 0. The smallest absolute Gasteiger partial charge is 0.133 e. The van der Waals surface area contributed by atoms with Crippen LogP contribution in [0, 0.1) is 0 Å². The molecule has 1 saturated heterocycles. The van der Waals surface area contributed by atoms with Gasteiger partial charge in [0, 0.05) is 25.3 Å². The van der Waals surface area contributed by atoms with Gasteiger partial charge in [0.15, 0.2) is 0 Å². The van der Waals surface area contributed by atoms with Crippen LogP contribution in [-0.2, 0) is 17.7 Å². The van der Waals surface area contributed by atoms with E-state index < -0.39 is 0 Å². The minimum atomic E-state index is 0.349. The topological polar surface area (TPSA) is 59.1 Å². The van der Waals surface area contributed by atoms with Crippen LogP contribution in [0.1, 0.15) is 24.1 Å². The normalized spacial score (nSPS) is 23.4. The average molecular weight is 234 g/mol. The summed E-state index contributed by atoms with van der Waals surface area (Å²) in [5.74, 6) is 0.993. The fourth-order valence-corrected chi connectivity index (χ4v) is 2.45. The van der Waals surface area contributed by atoms with Crippen molar-refractivity contribution in [3.8, 4) is 0 Å². The minimum Gasteiger partial charge on any atom is -0.376 e. The molecule has 17 heavy (non-hydrogen) atoms. The molecule has 1 atom stereocenters. The second-order valence-electron chi connectivity index (χ2n) is 4.59. The molecule has 0 saturated carbocycles. The van der Waals surface area contributed by atoms with Crippen LogP contribution in [0.5, 0.6) is 0 Å². The van der Waals surface area contributed by atoms with E-state index in [0.29, 0.717) is 6.10 Å². The largest absolute Gasteiger partial charge is 0.376 e. The highest BCUT2D eigenvalue weighted by molar-refractivity contribution is 5.47. The third-order valence-electron chi connectivity index (χ3n) is 3.40. The molecule has 0 amide bonds. The lowest BCUT2D eigenvalue weighted by Crippen LogP contribution is -2.27. The molecule has 0 aliphatic carbocycles. The van der Waals surface area contributed by atoms with E-state index in [-0.39, 0.29) is 0 Å². The predicted octanol–water partition coefficient (Wildman–Crippen LogP) is 0.713. The molecule has 92 valence electrons. The molecule has 0 aromatic carbocycles. The third kappa shape index (κ3) is 2.40. The van der Waals surface area contributed by atoms with Crippen molar-refractivity contribution in [2.75, 3.05) is 25.0 Å². The Morgan fingerprint density at radius 1 is 1.47 bits per heavy atom. The van der Waals surface area contributed by atoms with Crippen molar-refractivity contribution in [1.82, 2.24) is 15.3 Å². The first-order valence-electron chi connectivity index (χ1n) is 6.32. The van der Waals surface area contributed by atoms with Crippen molar-refractivity contribution in [3.05, 3.63) is 17.6 Å². The molecule has 2 aliphatic rings. The minimum absolute atomic E-state index is 0.349. The number of aromatic nitrogens is 2. The van der Waals surface area contributed by atoms with Crippen LogP contribution < -0.4 is 10.6 Å². The van der Waals surface area contributed by atoms with Crippen molar-refractivity contribution < 1.29 is 4.74 Å². The first-order chi connectivity index (χ1) is 8.43. The Hall–Kier alpha value is -1.20. The summed E-state index contributed by atoms with van der Waals surface area (Å²) >= 11 is 0. The van der Waals surface area contributed by atoms with Crippen molar-refractivity contribution >= 4 is 5.82 Å². The van der Waals surface area contributed by atoms with Gasteiger partial charge in [0.2, 0.25) is 0 Å². The summed E-state index contributed by atoms with van der Waals surface area (Å²) < 4.78 is 5.60. The van der Waals surface area contributed by atoms with E-state index in [0.717, 1.165) is 50.6 Å². The molecule has 2 N–H and O–H groups in total. The Kier molecular flexibility index (Phi) is 3.20. The molecule has 1 aromatic rings. The Morgan fingerprint density at radius 3 is 3.35 bits per heavy atom. The summed E-state index contributed by atoms with van der Waals surface area (Å²) in [4.78, 5) is 8.66. The lowest BCUT2D eigenvalue weighted by Gasteiger charge is -2.20. The summed E-state index contributed by atoms with van der Waals surface area (Å²) in [6.07, 6.45) is 5.33. The van der Waals surface area contributed by atoms with Crippen LogP contribution in [0.25, 0.3) is 0 Å². The Morgan fingerprint density at radius 2 is 2.47 bits per heavy atom. The van der Waals surface area contributed by atoms with Gasteiger partial charge in [-0.2, -0.15) is 0 Å². The molecule has 1 unspecified atom stereocenters. The molecule has 0 radical (unpaired) electrons. The van der Waals surface area contributed by atoms with Crippen LogP contribution in [0.2, 0.25) is 0 Å². The van der Waals surface area contributed by atoms with E-state index in [9.17, 15) is 0 Å². The van der Waals surface area contributed by atoms with Gasteiger partial charge in [0.25, 0.3) is 0 Å². The number of hydrogen-bond donors (Lipinski definition) is 2. The van der Waals surface area contributed by atoms with E-state index >= 15 is 0 Å². The van der Waals surface area contributed by atoms with E-state index in [1.807, 2.05) is 0 Å². The van der Waals surface area contributed by atoms with Crippen LogP contribution in [0.3, 0.4) is 0 Å². The lowest BCUT2D eigenvalue weighted by molar-refractivity contribution is 0.120. The summed E-state index contributed by atoms with van der Waals surface area (Å²) in [6.45, 7) is 3.62. The summed E-state index contributed by atoms with van der Waals surface area (Å²) in [5, 5.41) is 6.73. The maximum Gasteiger partial charge on any atom is 0.133 e. The Bertz CT molecular complexity index is 390. The number of hydrogen-bond acceptors (Lipinski definition) is 5. The predicted molar refractivity (Wildman–Crippen MR) is 64.9 cm³/mol. The highest BCUT2D eigenvalue weighted by Gasteiger charge is 2.18. The second-order valence-corrected chi connectivity index (χ2v) is 4.59. The zero-order valence-corrected chi connectivity index (χ0v) is 9.91. The van der Waals surface area contributed by atoms with Crippen LogP contribution in [-0.4, -0.2) is 35.8 Å². The van der Waals surface area contributed by atoms with Crippen molar-refractivity contribution in [2.45, 2.75) is 31.9 Å². The highest BCUT2D eigenvalue weighted by Crippen LogP contribution is 2.19. The molecular formula is C12H18N4O. The maximum atomic E-state index is 5.60. The quantitative estimate of drug-likeness (QED) is 0.806. The van der Waals surface area contributed by atoms with Crippen molar-refractivity contribution in [3.63, 3.8) is 0 Å². The lowest BCUT2D eigenvalue weighted by atomic mass is 10.1. The van der Waals surface area contributed by atoms with Gasteiger partial charge in [-0.05, 0) is 25.8 Å². The Balaban J connectivity index is 1.69. The van der Waals surface area contributed by atoms with Gasteiger partial charge in [0.1, 0.15) is 12.1 Å². The van der Waals surface area contributed by atoms with E-state index in [2.05, 4.69) is 20.6 Å². The molecule has 5 nitrogen and oxygen atoms in total. The zero-order valence-electron chi connectivity index (χ0n) is 9.91.